The summed E-state index contributed by atoms with van der Waals surface area (Å²) >= 11 is 11.9. The van der Waals surface area contributed by atoms with Gasteiger partial charge in [0.2, 0.25) is 0 Å². The zero-order valence-corrected chi connectivity index (χ0v) is 13.3. The number of hydrogen-bond acceptors (Lipinski definition) is 2. The maximum Gasteiger partial charge on any atom is 0.130 e. The summed E-state index contributed by atoms with van der Waals surface area (Å²) in [6.45, 7) is 6.73. The van der Waals surface area contributed by atoms with E-state index in [-0.39, 0.29) is 0 Å². The van der Waals surface area contributed by atoms with Gasteiger partial charge in [-0.2, -0.15) is 0 Å². The molecule has 0 saturated carbocycles. The molecule has 1 aromatic heterocycles. The molecule has 0 unspecified atom stereocenters. The summed E-state index contributed by atoms with van der Waals surface area (Å²) in [6.07, 6.45) is 1.65. The van der Waals surface area contributed by atoms with Crippen LogP contribution in [0.15, 0.2) is 30.5 Å². The van der Waals surface area contributed by atoms with Gasteiger partial charge in [-0.15, -0.1) is 0 Å². The van der Waals surface area contributed by atoms with E-state index in [2.05, 4.69) is 37.0 Å². The van der Waals surface area contributed by atoms with Crippen molar-refractivity contribution in [1.82, 2.24) is 4.98 Å². The third-order valence-corrected chi connectivity index (χ3v) is 3.72. The molecule has 0 atom stereocenters. The van der Waals surface area contributed by atoms with Gasteiger partial charge in [0.25, 0.3) is 0 Å². The molecule has 0 aliphatic rings. The fourth-order valence-electron chi connectivity index (χ4n) is 1.83. The lowest BCUT2D eigenvalue weighted by atomic mass is 10.0. The van der Waals surface area contributed by atoms with Crippen LogP contribution in [0.4, 0.5) is 0 Å². The molecule has 0 spiro atoms. The van der Waals surface area contributed by atoms with Crippen molar-refractivity contribution in [3.8, 4) is 5.75 Å². The molecule has 0 saturated heterocycles. The molecule has 2 aromatic rings. The average Bonchev–Trinajstić information content (AvgIpc) is 2.39. The second-order valence-corrected chi connectivity index (χ2v) is 5.86. The standard InChI is InChI=1S/C16H17Cl2NO/c1-10(2)12-5-4-11(3)15(6-12)20-9-13-8-19-16(18)7-14(13)17/h4-8,10H,9H2,1-3H3. The summed E-state index contributed by atoms with van der Waals surface area (Å²) in [7, 11) is 0. The Labute approximate surface area is 129 Å². The Kier molecular flexibility index (Phi) is 4.90. The van der Waals surface area contributed by atoms with Crippen LogP contribution in [0.1, 0.15) is 36.5 Å². The quantitative estimate of drug-likeness (QED) is 0.705. The lowest BCUT2D eigenvalue weighted by Crippen LogP contribution is -2.00. The van der Waals surface area contributed by atoms with E-state index in [9.17, 15) is 0 Å². The number of hydrogen-bond donors (Lipinski definition) is 0. The molecule has 0 aliphatic carbocycles. The molecule has 4 heteroatoms. The zero-order valence-electron chi connectivity index (χ0n) is 11.8. The minimum absolute atomic E-state index is 0.380. The van der Waals surface area contributed by atoms with Crippen LogP contribution < -0.4 is 4.74 Å². The topological polar surface area (TPSA) is 22.1 Å². The normalized spacial score (nSPS) is 10.9. The van der Waals surface area contributed by atoms with E-state index in [0.717, 1.165) is 16.9 Å². The number of nitrogens with zero attached hydrogens (tertiary/aromatic N) is 1. The molecular formula is C16H17Cl2NO. The number of benzene rings is 1. The highest BCUT2D eigenvalue weighted by Gasteiger charge is 2.07. The van der Waals surface area contributed by atoms with E-state index in [1.165, 1.54) is 5.56 Å². The Bertz CT molecular complexity index is 611. The van der Waals surface area contributed by atoms with Gasteiger partial charge >= 0.3 is 0 Å². The third-order valence-electron chi connectivity index (χ3n) is 3.16. The third kappa shape index (κ3) is 3.65. The predicted octanol–water partition coefficient (Wildman–Crippen LogP) is 5.40. The van der Waals surface area contributed by atoms with Gasteiger partial charge in [0.1, 0.15) is 17.5 Å². The van der Waals surface area contributed by atoms with E-state index in [4.69, 9.17) is 27.9 Å². The molecule has 20 heavy (non-hydrogen) atoms. The minimum Gasteiger partial charge on any atom is -0.489 e. The maximum atomic E-state index is 6.11. The van der Waals surface area contributed by atoms with E-state index < -0.39 is 0 Å². The first-order chi connectivity index (χ1) is 9.47. The van der Waals surface area contributed by atoms with Crippen molar-refractivity contribution in [3.05, 3.63) is 57.3 Å². The number of aromatic nitrogens is 1. The molecule has 0 fully saturated rings. The van der Waals surface area contributed by atoms with Gasteiger partial charge < -0.3 is 4.74 Å². The van der Waals surface area contributed by atoms with Crippen molar-refractivity contribution in [3.63, 3.8) is 0 Å². The van der Waals surface area contributed by atoms with Crippen molar-refractivity contribution in [2.24, 2.45) is 0 Å². The maximum absolute atomic E-state index is 6.11. The van der Waals surface area contributed by atoms with Gasteiger partial charge in [0, 0.05) is 11.8 Å². The molecule has 1 aromatic carbocycles. The fraction of sp³-hybridized carbons (Fsp3) is 0.312. The van der Waals surface area contributed by atoms with E-state index in [0.29, 0.717) is 22.7 Å². The smallest absolute Gasteiger partial charge is 0.130 e. The van der Waals surface area contributed by atoms with Crippen LogP contribution in [0.5, 0.6) is 5.75 Å². The van der Waals surface area contributed by atoms with Gasteiger partial charge in [-0.3, -0.25) is 0 Å². The Morgan fingerprint density at radius 1 is 1.20 bits per heavy atom. The van der Waals surface area contributed by atoms with Gasteiger partial charge in [-0.05, 0) is 36.1 Å². The number of aryl methyl sites for hydroxylation is 1. The molecule has 0 N–H and O–H groups in total. The highest BCUT2D eigenvalue weighted by atomic mass is 35.5. The molecule has 2 rings (SSSR count). The highest BCUT2D eigenvalue weighted by Crippen LogP contribution is 2.26. The first-order valence-corrected chi connectivity index (χ1v) is 7.26. The van der Waals surface area contributed by atoms with Crippen molar-refractivity contribution < 1.29 is 4.74 Å². The minimum atomic E-state index is 0.380. The van der Waals surface area contributed by atoms with E-state index in [1.54, 1.807) is 12.3 Å². The summed E-state index contributed by atoms with van der Waals surface area (Å²) in [6, 6.07) is 7.91. The monoisotopic (exact) mass is 309 g/mol. The molecule has 106 valence electrons. The Morgan fingerprint density at radius 2 is 1.95 bits per heavy atom. The molecule has 0 amide bonds. The van der Waals surface area contributed by atoms with Crippen LogP contribution in [-0.2, 0) is 6.61 Å². The lowest BCUT2D eigenvalue weighted by molar-refractivity contribution is 0.303. The largest absolute Gasteiger partial charge is 0.489 e. The summed E-state index contributed by atoms with van der Waals surface area (Å²) in [5.74, 6) is 1.35. The average molecular weight is 310 g/mol. The lowest BCUT2D eigenvalue weighted by Gasteiger charge is -2.13. The van der Waals surface area contributed by atoms with Crippen LogP contribution in [-0.4, -0.2) is 4.98 Å². The van der Waals surface area contributed by atoms with Crippen LogP contribution >= 0.6 is 23.2 Å². The predicted molar refractivity (Wildman–Crippen MR) is 83.9 cm³/mol. The molecular weight excluding hydrogens is 293 g/mol. The SMILES string of the molecule is Cc1ccc(C(C)C)cc1OCc1cnc(Cl)cc1Cl. The molecule has 0 radical (unpaired) electrons. The number of pyridine rings is 1. The number of halogens is 2. The summed E-state index contributed by atoms with van der Waals surface area (Å²) in [4.78, 5) is 4.02. The van der Waals surface area contributed by atoms with Crippen molar-refractivity contribution in [1.29, 1.82) is 0 Å². The first kappa shape index (κ1) is 15.1. The molecule has 1 heterocycles. The molecule has 0 bridgehead atoms. The van der Waals surface area contributed by atoms with Crippen LogP contribution in [0.25, 0.3) is 0 Å². The fourth-order valence-corrected chi connectivity index (χ4v) is 2.25. The highest BCUT2D eigenvalue weighted by molar-refractivity contribution is 6.34. The Balaban J connectivity index is 2.16. The van der Waals surface area contributed by atoms with Crippen molar-refractivity contribution in [2.75, 3.05) is 0 Å². The van der Waals surface area contributed by atoms with Gasteiger partial charge in [-0.25, -0.2) is 4.98 Å². The van der Waals surface area contributed by atoms with Crippen molar-refractivity contribution >= 4 is 23.2 Å². The van der Waals surface area contributed by atoms with Crippen LogP contribution in [0.3, 0.4) is 0 Å². The second kappa shape index (κ2) is 6.47. The molecule has 2 nitrogen and oxygen atoms in total. The van der Waals surface area contributed by atoms with Crippen LogP contribution in [0.2, 0.25) is 10.2 Å². The Morgan fingerprint density at radius 3 is 2.60 bits per heavy atom. The van der Waals surface area contributed by atoms with Crippen LogP contribution in [0, 0.1) is 6.92 Å². The summed E-state index contributed by atoms with van der Waals surface area (Å²) < 4.78 is 5.87. The van der Waals surface area contributed by atoms with Crippen molar-refractivity contribution in [2.45, 2.75) is 33.3 Å². The van der Waals surface area contributed by atoms with Gasteiger partial charge in [0.05, 0.1) is 5.02 Å². The van der Waals surface area contributed by atoms with Gasteiger partial charge in [0.15, 0.2) is 0 Å². The zero-order chi connectivity index (χ0) is 14.7. The first-order valence-electron chi connectivity index (χ1n) is 6.50. The number of ether oxygens (including phenoxy) is 1. The number of rotatable bonds is 4. The van der Waals surface area contributed by atoms with E-state index >= 15 is 0 Å². The van der Waals surface area contributed by atoms with Gasteiger partial charge in [-0.1, -0.05) is 49.2 Å². The Hall–Kier alpha value is -1.25. The molecule has 0 aliphatic heterocycles. The second-order valence-electron chi connectivity index (χ2n) is 5.07. The van der Waals surface area contributed by atoms with E-state index in [1.807, 2.05) is 6.92 Å². The summed E-state index contributed by atoms with van der Waals surface area (Å²) in [5, 5.41) is 0.958. The summed E-state index contributed by atoms with van der Waals surface area (Å²) in [5.41, 5.74) is 3.18.